The fraction of sp³-hybridized carbons (Fsp3) is 0.133. The van der Waals surface area contributed by atoms with Crippen molar-refractivity contribution in [2.24, 2.45) is 0 Å². The summed E-state index contributed by atoms with van der Waals surface area (Å²) >= 11 is 0. The monoisotopic (exact) mass is 282 g/mol. The molecule has 6 heteroatoms. The second kappa shape index (κ2) is 5.24. The van der Waals surface area contributed by atoms with Crippen molar-refractivity contribution in [3.63, 3.8) is 0 Å². The molecule has 0 unspecified atom stereocenters. The van der Waals surface area contributed by atoms with Crippen LogP contribution in [-0.4, -0.2) is 20.9 Å². The number of fused-ring (bicyclic) bond motifs is 1. The fourth-order valence-corrected chi connectivity index (χ4v) is 2.33. The fourth-order valence-electron chi connectivity index (χ4n) is 2.33. The van der Waals surface area contributed by atoms with E-state index in [0.29, 0.717) is 11.4 Å². The molecule has 2 aromatic heterocycles. The van der Waals surface area contributed by atoms with Crippen LogP contribution in [0.1, 0.15) is 21.7 Å². The lowest BCUT2D eigenvalue weighted by atomic mass is 10.0. The van der Waals surface area contributed by atoms with E-state index in [1.165, 1.54) is 0 Å². The van der Waals surface area contributed by atoms with Crippen LogP contribution in [-0.2, 0) is 6.54 Å². The van der Waals surface area contributed by atoms with E-state index in [-0.39, 0.29) is 17.7 Å². The third-order valence-electron chi connectivity index (χ3n) is 3.38. The standard InChI is InChI=1S/C15H14N4O2/c1-9-10-4-2-3-5-11(10)19-15(21)13(9)14(20)18-8-12-16-6-7-17-12/h2-7H,8H2,1H3,(H,16,17)(H,18,20)(H,19,21). The number of nitrogens with one attached hydrogen (secondary N) is 3. The molecular weight excluding hydrogens is 268 g/mol. The Labute approximate surface area is 120 Å². The summed E-state index contributed by atoms with van der Waals surface area (Å²) in [5, 5.41) is 3.56. The number of hydrogen-bond acceptors (Lipinski definition) is 3. The van der Waals surface area contributed by atoms with Crippen LogP contribution < -0.4 is 10.9 Å². The van der Waals surface area contributed by atoms with Crippen LogP contribution in [0.3, 0.4) is 0 Å². The van der Waals surface area contributed by atoms with E-state index in [1.807, 2.05) is 24.3 Å². The smallest absolute Gasteiger partial charge is 0.261 e. The lowest BCUT2D eigenvalue weighted by Crippen LogP contribution is -2.30. The van der Waals surface area contributed by atoms with Crippen molar-refractivity contribution < 1.29 is 4.79 Å². The molecule has 0 atom stereocenters. The third kappa shape index (κ3) is 2.43. The van der Waals surface area contributed by atoms with Crippen molar-refractivity contribution in [1.82, 2.24) is 20.3 Å². The van der Waals surface area contributed by atoms with Crippen LogP contribution in [0.5, 0.6) is 0 Å². The number of carbonyl (C=O) groups excluding carboxylic acids is 1. The first-order valence-corrected chi connectivity index (χ1v) is 6.55. The quantitative estimate of drug-likeness (QED) is 0.679. The van der Waals surface area contributed by atoms with E-state index in [9.17, 15) is 9.59 Å². The second-order valence-electron chi connectivity index (χ2n) is 4.72. The van der Waals surface area contributed by atoms with Crippen molar-refractivity contribution in [3.8, 4) is 0 Å². The largest absolute Gasteiger partial charge is 0.347 e. The lowest BCUT2D eigenvalue weighted by Gasteiger charge is -2.08. The molecular formula is C15H14N4O2. The van der Waals surface area contributed by atoms with Crippen LogP contribution in [0, 0.1) is 6.92 Å². The number of rotatable bonds is 3. The molecule has 3 N–H and O–H groups in total. The summed E-state index contributed by atoms with van der Waals surface area (Å²) in [6.45, 7) is 2.02. The van der Waals surface area contributed by atoms with Gasteiger partial charge < -0.3 is 15.3 Å². The molecule has 0 bridgehead atoms. The molecule has 3 rings (SSSR count). The van der Waals surface area contributed by atoms with Gasteiger partial charge in [-0.1, -0.05) is 18.2 Å². The summed E-state index contributed by atoms with van der Waals surface area (Å²) in [5.41, 5.74) is 1.15. The highest BCUT2D eigenvalue weighted by Crippen LogP contribution is 2.16. The van der Waals surface area contributed by atoms with Gasteiger partial charge in [-0.2, -0.15) is 0 Å². The Morgan fingerprint density at radius 1 is 1.33 bits per heavy atom. The normalized spacial score (nSPS) is 10.7. The van der Waals surface area contributed by atoms with Gasteiger partial charge in [0.15, 0.2) is 0 Å². The van der Waals surface area contributed by atoms with Crippen molar-refractivity contribution in [2.45, 2.75) is 13.5 Å². The highest BCUT2D eigenvalue weighted by Gasteiger charge is 2.16. The summed E-state index contributed by atoms with van der Waals surface area (Å²) in [4.78, 5) is 34.0. The van der Waals surface area contributed by atoms with Crippen LogP contribution in [0.25, 0.3) is 10.9 Å². The van der Waals surface area contributed by atoms with Gasteiger partial charge in [0.2, 0.25) is 0 Å². The summed E-state index contributed by atoms with van der Waals surface area (Å²) in [6.07, 6.45) is 3.28. The molecule has 0 aliphatic rings. The van der Waals surface area contributed by atoms with E-state index >= 15 is 0 Å². The number of H-pyrrole nitrogens is 2. The van der Waals surface area contributed by atoms with Crippen LogP contribution in [0.15, 0.2) is 41.5 Å². The summed E-state index contributed by atoms with van der Waals surface area (Å²) < 4.78 is 0. The first kappa shape index (κ1) is 13.1. The van der Waals surface area contributed by atoms with Gasteiger partial charge in [-0.15, -0.1) is 0 Å². The van der Waals surface area contributed by atoms with Crippen LogP contribution in [0.2, 0.25) is 0 Å². The minimum atomic E-state index is -0.407. The van der Waals surface area contributed by atoms with Gasteiger partial charge in [0.25, 0.3) is 11.5 Å². The topological polar surface area (TPSA) is 90.6 Å². The average molecular weight is 282 g/mol. The summed E-state index contributed by atoms with van der Waals surface area (Å²) in [5.74, 6) is 0.231. The third-order valence-corrected chi connectivity index (χ3v) is 3.38. The number of aryl methyl sites for hydroxylation is 1. The Morgan fingerprint density at radius 3 is 2.90 bits per heavy atom. The van der Waals surface area contributed by atoms with Crippen molar-refractivity contribution in [2.75, 3.05) is 0 Å². The number of carbonyl (C=O) groups is 1. The van der Waals surface area contributed by atoms with E-state index < -0.39 is 5.91 Å². The molecule has 0 aliphatic carbocycles. The first-order chi connectivity index (χ1) is 10.2. The number of imidazole rings is 1. The number of para-hydroxylation sites is 1. The zero-order valence-corrected chi connectivity index (χ0v) is 11.4. The summed E-state index contributed by atoms with van der Waals surface area (Å²) in [7, 11) is 0. The highest BCUT2D eigenvalue weighted by molar-refractivity contribution is 5.99. The molecule has 1 aromatic carbocycles. The molecule has 2 heterocycles. The number of benzene rings is 1. The minimum absolute atomic E-state index is 0.139. The molecule has 0 fully saturated rings. The molecule has 6 nitrogen and oxygen atoms in total. The molecule has 0 saturated carbocycles. The number of aromatic nitrogens is 3. The van der Waals surface area contributed by atoms with E-state index in [1.54, 1.807) is 19.3 Å². The number of aromatic amines is 2. The lowest BCUT2D eigenvalue weighted by molar-refractivity contribution is 0.0948. The maximum atomic E-state index is 12.3. The zero-order valence-electron chi connectivity index (χ0n) is 11.4. The van der Waals surface area contributed by atoms with Gasteiger partial charge >= 0.3 is 0 Å². The molecule has 106 valence electrons. The van der Waals surface area contributed by atoms with Crippen LogP contribution >= 0.6 is 0 Å². The average Bonchev–Trinajstić information content (AvgIpc) is 2.98. The Balaban J connectivity index is 1.96. The zero-order chi connectivity index (χ0) is 14.8. The number of pyridine rings is 1. The van der Waals surface area contributed by atoms with Gasteiger partial charge in [-0.3, -0.25) is 9.59 Å². The number of amides is 1. The van der Waals surface area contributed by atoms with Crippen molar-refractivity contribution >= 4 is 16.8 Å². The maximum Gasteiger partial charge on any atom is 0.261 e. The molecule has 0 radical (unpaired) electrons. The summed E-state index contributed by atoms with van der Waals surface area (Å²) in [6, 6.07) is 7.41. The van der Waals surface area contributed by atoms with E-state index in [2.05, 4.69) is 20.3 Å². The van der Waals surface area contributed by atoms with Gasteiger partial charge in [0, 0.05) is 23.3 Å². The van der Waals surface area contributed by atoms with Gasteiger partial charge in [0.05, 0.1) is 6.54 Å². The molecule has 0 spiro atoms. The maximum absolute atomic E-state index is 12.3. The number of nitrogens with zero attached hydrogens (tertiary/aromatic N) is 1. The molecule has 0 saturated heterocycles. The van der Waals surface area contributed by atoms with Crippen LogP contribution in [0.4, 0.5) is 0 Å². The van der Waals surface area contributed by atoms with E-state index in [0.717, 1.165) is 10.9 Å². The van der Waals surface area contributed by atoms with E-state index in [4.69, 9.17) is 0 Å². The van der Waals surface area contributed by atoms with Gasteiger partial charge in [-0.25, -0.2) is 4.98 Å². The van der Waals surface area contributed by atoms with Gasteiger partial charge in [-0.05, 0) is 18.6 Å². The first-order valence-electron chi connectivity index (χ1n) is 6.55. The highest BCUT2D eigenvalue weighted by atomic mass is 16.2. The Kier molecular flexibility index (Phi) is 3.27. The Hall–Kier alpha value is -2.89. The second-order valence-corrected chi connectivity index (χ2v) is 4.72. The van der Waals surface area contributed by atoms with Crippen molar-refractivity contribution in [3.05, 3.63) is 64.0 Å². The molecule has 1 amide bonds. The Bertz CT molecular complexity index is 850. The van der Waals surface area contributed by atoms with Crippen molar-refractivity contribution in [1.29, 1.82) is 0 Å². The SMILES string of the molecule is Cc1c(C(=O)NCc2ncc[nH]2)c(=O)[nH]c2ccccc12. The Morgan fingerprint density at radius 2 is 2.14 bits per heavy atom. The minimum Gasteiger partial charge on any atom is -0.347 e. The van der Waals surface area contributed by atoms with Gasteiger partial charge in [0.1, 0.15) is 11.4 Å². The molecule has 0 aliphatic heterocycles. The predicted octanol–water partition coefficient (Wildman–Crippen LogP) is 1.49. The predicted molar refractivity (Wildman–Crippen MR) is 79.1 cm³/mol. The molecule has 21 heavy (non-hydrogen) atoms. The molecule has 3 aromatic rings. The number of hydrogen-bond donors (Lipinski definition) is 3.